The number of para-hydroxylation sites is 1. The number of esters is 1. The zero-order valence-corrected chi connectivity index (χ0v) is 14.6. The van der Waals surface area contributed by atoms with Crippen molar-refractivity contribution in [3.8, 4) is 16.4 Å². The van der Waals surface area contributed by atoms with E-state index in [4.69, 9.17) is 4.74 Å². The van der Waals surface area contributed by atoms with Crippen LogP contribution in [0.5, 0.6) is 0 Å². The number of nitrogens with zero attached hydrogens (tertiary/aromatic N) is 3. The second-order valence-corrected chi connectivity index (χ2v) is 7.66. The standard InChI is InChI=1S/C17H15N3O2S2/c1-11-10-14(16(21)22-11)24-17-19-18-15(13-8-5-9-23-13)20(17)12-6-3-2-4-7-12/h2-9,11,14H,10H2,1H3/t11-,14+/m0/s1. The molecule has 122 valence electrons. The third-order valence-corrected chi connectivity index (χ3v) is 5.77. The molecule has 0 radical (unpaired) electrons. The molecule has 0 N–H and O–H groups in total. The monoisotopic (exact) mass is 357 g/mol. The van der Waals surface area contributed by atoms with E-state index in [-0.39, 0.29) is 17.3 Å². The van der Waals surface area contributed by atoms with E-state index in [0.717, 1.165) is 16.4 Å². The average molecular weight is 357 g/mol. The zero-order valence-electron chi connectivity index (χ0n) is 13.0. The van der Waals surface area contributed by atoms with Crippen molar-refractivity contribution in [3.05, 3.63) is 47.8 Å². The van der Waals surface area contributed by atoms with Gasteiger partial charge in [-0.25, -0.2) is 0 Å². The molecule has 1 fully saturated rings. The highest BCUT2D eigenvalue weighted by Gasteiger charge is 2.34. The summed E-state index contributed by atoms with van der Waals surface area (Å²) in [5.41, 5.74) is 0.979. The summed E-state index contributed by atoms with van der Waals surface area (Å²) in [7, 11) is 0. The van der Waals surface area contributed by atoms with Gasteiger partial charge in [0.2, 0.25) is 0 Å². The molecule has 0 bridgehead atoms. The van der Waals surface area contributed by atoms with Crippen molar-refractivity contribution in [3.63, 3.8) is 0 Å². The van der Waals surface area contributed by atoms with Crippen LogP contribution in [0.1, 0.15) is 13.3 Å². The molecule has 1 aliphatic rings. The Balaban J connectivity index is 1.76. The zero-order chi connectivity index (χ0) is 16.5. The van der Waals surface area contributed by atoms with Crippen molar-refractivity contribution in [2.45, 2.75) is 29.9 Å². The predicted molar refractivity (Wildman–Crippen MR) is 94.5 cm³/mol. The van der Waals surface area contributed by atoms with Crippen LogP contribution in [0.25, 0.3) is 16.4 Å². The Morgan fingerprint density at radius 2 is 2.04 bits per heavy atom. The number of carbonyl (C=O) groups excluding carboxylic acids is 1. The van der Waals surface area contributed by atoms with E-state index in [1.807, 2.05) is 59.3 Å². The Hall–Kier alpha value is -2.12. The van der Waals surface area contributed by atoms with Crippen molar-refractivity contribution in [2.75, 3.05) is 0 Å². The van der Waals surface area contributed by atoms with Crippen LogP contribution in [0.15, 0.2) is 53.0 Å². The van der Waals surface area contributed by atoms with Crippen LogP contribution >= 0.6 is 23.1 Å². The molecule has 0 amide bonds. The summed E-state index contributed by atoms with van der Waals surface area (Å²) in [6, 6.07) is 14.0. The average Bonchev–Trinajstić information content (AvgIpc) is 3.29. The summed E-state index contributed by atoms with van der Waals surface area (Å²) in [6.45, 7) is 1.91. The minimum atomic E-state index is -0.233. The fraction of sp³-hybridized carbons (Fsp3) is 0.235. The molecule has 2 atom stereocenters. The summed E-state index contributed by atoms with van der Waals surface area (Å²) < 4.78 is 7.26. The molecule has 1 saturated heterocycles. The van der Waals surface area contributed by atoms with Gasteiger partial charge < -0.3 is 4.74 Å². The lowest BCUT2D eigenvalue weighted by Crippen LogP contribution is -2.11. The summed E-state index contributed by atoms with van der Waals surface area (Å²) in [6.07, 6.45) is 0.652. The van der Waals surface area contributed by atoms with Gasteiger partial charge in [0.15, 0.2) is 11.0 Å². The van der Waals surface area contributed by atoms with Crippen molar-refractivity contribution >= 4 is 29.1 Å². The molecule has 0 aliphatic carbocycles. The predicted octanol–water partition coefficient (Wildman–Crippen LogP) is 3.79. The number of rotatable bonds is 4. The lowest BCUT2D eigenvalue weighted by Gasteiger charge is -2.10. The molecule has 3 heterocycles. The molecule has 0 saturated carbocycles. The van der Waals surface area contributed by atoms with E-state index in [1.54, 1.807) is 11.3 Å². The molecular weight excluding hydrogens is 342 g/mol. The molecule has 1 aliphatic heterocycles. The topological polar surface area (TPSA) is 57.0 Å². The molecule has 24 heavy (non-hydrogen) atoms. The molecule has 1 aromatic carbocycles. The highest BCUT2D eigenvalue weighted by atomic mass is 32.2. The third-order valence-electron chi connectivity index (χ3n) is 3.76. The maximum absolute atomic E-state index is 12.0. The smallest absolute Gasteiger partial charge is 0.319 e. The fourth-order valence-electron chi connectivity index (χ4n) is 2.66. The molecule has 3 aromatic rings. The Morgan fingerprint density at radius 3 is 2.71 bits per heavy atom. The van der Waals surface area contributed by atoms with E-state index in [2.05, 4.69) is 10.2 Å². The number of hydrogen-bond donors (Lipinski definition) is 0. The minimum absolute atomic E-state index is 0.0418. The Bertz CT molecular complexity index is 846. The van der Waals surface area contributed by atoms with Crippen LogP contribution < -0.4 is 0 Å². The van der Waals surface area contributed by atoms with Crippen molar-refractivity contribution in [1.82, 2.24) is 14.8 Å². The quantitative estimate of drug-likeness (QED) is 0.665. The summed E-state index contributed by atoms with van der Waals surface area (Å²) >= 11 is 3.04. The van der Waals surface area contributed by atoms with Crippen LogP contribution in [-0.2, 0) is 9.53 Å². The Morgan fingerprint density at radius 1 is 1.21 bits per heavy atom. The minimum Gasteiger partial charge on any atom is -0.462 e. The first kappa shape index (κ1) is 15.4. The maximum Gasteiger partial charge on any atom is 0.319 e. The number of carbonyl (C=O) groups is 1. The van der Waals surface area contributed by atoms with Gasteiger partial charge in [-0.05, 0) is 30.5 Å². The summed E-state index contributed by atoms with van der Waals surface area (Å²) in [4.78, 5) is 13.0. The van der Waals surface area contributed by atoms with Gasteiger partial charge in [-0.2, -0.15) is 0 Å². The fourth-order valence-corrected chi connectivity index (χ4v) is 4.52. The second-order valence-electron chi connectivity index (χ2n) is 5.54. The number of aromatic nitrogens is 3. The SMILES string of the molecule is C[C@H]1C[C@@H](Sc2nnc(-c3cccs3)n2-c2ccccc2)C(=O)O1. The van der Waals surface area contributed by atoms with Gasteiger partial charge in [0.1, 0.15) is 11.4 Å². The van der Waals surface area contributed by atoms with Gasteiger partial charge in [0.25, 0.3) is 0 Å². The largest absolute Gasteiger partial charge is 0.462 e. The number of thiophene rings is 1. The first-order valence-corrected chi connectivity index (χ1v) is 9.40. The van der Waals surface area contributed by atoms with Gasteiger partial charge in [0, 0.05) is 12.1 Å². The summed E-state index contributed by atoms with van der Waals surface area (Å²) in [5.74, 6) is 0.617. The van der Waals surface area contributed by atoms with E-state index < -0.39 is 0 Å². The first-order valence-electron chi connectivity index (χ1n) is 7.64. The van der Waals surface area contributed by atoms with Gasteiger partial charge in [-0.1, -0.05) is 36.0 Å². The van der Waals surface area contributed by atoms with E-state index in [0.29, 0.717) is 11.6 Å². The van der Waals surface area contributed by atoms with Gasteiger partial charge in [0.05, 0.1) is 4.88 Å². The van der Waals surface area contributed by atoms with E-state index in [9.17, 15) is 4.79 Å². The van der Waals surface area contributed by atoms with Gasteiger partial charge in [-0.15, -0.1) is 21.5 Å². The van der Waals surface area contributed by atoms with E-state index >= 15 is 0 Å². The third kappa shape index (κ3) is 2.85. The molecule has 5 nitrogen and oxygen atoms in total. The van der Waals surface area contributed by atoms with Gasteiger partial charge in [-0.3, -0.25) is 9.36 Å². The lowest BCUT2D eigenvalue weighted by atomic mass is 10.3. The van der Waals surface area contributed by atoms with Crippen LogP contribution in [0.3, 0.4) is 0 Å². The number of cyclic esters (lactones) is 1. The molecule has 7 heteroatoms. The normalized spacial score (nSPS) is 20.3. The summed E-state index contributed by atoms with van der Waals surface area (Å²) in [5, 5.41) is 11.2. The number of thioether (sulfide) groups is 1. The Kier molecular flexibility index (Phi) is 4.12. The molecule has 4 rings (SSSR count). The molecule has 0 unspecified atom stereocenters. The highest BCUT2D eigenvalue weighted by Crippen LogP contribution is 2.35. The van der Waals surface area contributed by atoms with Crippen LogP contribution in [0.4, 0.5) is 0 Å². The number of ether oxygens (including phenoxy) is 1. The van der Waals surface area contributed by atoms with Crippen molar-refractivity contribution in [1.29, 1.82) is 0 Å². The molecule has 2 aromatic heterocycles. The van der Waals surface area contributed by atoms with Crippen molar-refractivity contribution in [2.24, 2.45) is 0 Å². The molecule has 0 spiro atoms. The van der Waals surface area contributed by atoms with Crippen molar-refractivity contribution < 1.29 is 9.53 Å². The highest BCUT2D eigenvalue weighted by molar-refractivity contribution is 8.00. The second kappa shape index (κ2) is 6.41. The first-order chi connectivity index (χ1) is 11.7. The maximum atomic E-state index is 12.0. The van der Waals surface area contributed by atoms with Gasteiger partial charge >= 0.3 is 5.97 Å². The Labute approximate surface area is 147 Å². The van der Waals surface area contributed by atoms with Crippen LogP contribution in [0, 0.1) is 0 Å². The lowest BCUT2D eigenvalue weighted by molar-refractivity contribution is -0.140. The number of hydrogen-bond acceptors (Lipinski definition) is 6. The number of benzene rings is 1. The van der Waals surface area contributed by atoms with Crippen LogP contribution in [-0.4, -0.2) is 32.1 Å². The van der Waals surface area contributed by atoms with Crippen LogP contribution in [0.2, 0.25) is 0 Å². The van der Waals surface area contributed by atoms with E-state index in [1.165, 1.54) is 11.8 Å². The molecular formula is C17H15N3O2S2.